The van der Waals surface area contributed by atoms with E-state index in [1.807, 2.05) is 25.1 Å². The highest BCUT2D eigenvalue weighted by molar-refractivity contribution is 5.98. The van der Waals surface area contributed by atoms with E-state index in [-0.39, 0.29) is 24.3 Å². The minimum atomic E-state index is -0.678. The molecule has 1 aromatic heterocycles. The Kier molecular flexibility index (Phi) is 8.61. The molecule has 0 saturated heterocycles. The largest absolute Gasteiger partial charge is 0.494 e. The first kappa shape index (κ1) is 25.5. The standard InChI is InChI=1S/C26H29N3O6/c1-4-16-34-21-12-10-19(11-13-21)22(30)14-15-24(32)35-17-23(31)27-25-18(2)28(3)29(26(25)33)20-8-6-5-7-9-20/h5-13H,4,14-17H2,1-3H3,(H,27,31). The first-order valence-corrected chi connectivity index (χ1v) is 11.4. The lowest BCUT2D eigenvalue weighted by Gasteiger charge is -2.07. The maximum absolute atomic E-state index is 12.8. The number of carbonyl (C=O) groups is 3. The Morgan fingerprint density at radius 3 is 2.31 bits per heavy atom. The van der Waals surface area contributed by atoms with Crippen molar-refractivity contribution in [2.75, 3.05) is 18.5 Å². The number of esters is 1. The molecule has 9 heteroatoms. The Balaban J connectivity index is 1.50. The second kappa shape index (κ2) is 11.8. The average Bonchev–Trinajstić information content (AvgIpc) is 3.08. The molecule has 3 aromatic rings. The van der Waals surface area contributed by atoms with Gasteiger partial charge in [0.05, 0.1) is 24.4 Å². The summed E-state index contributed by atoms with van der Waals surface area (Å²) in [7, 11) is 1.71. The second-order valence-electron chi connectivity index (χ2n) is 7.94. The van der Waals surface area contributed by atoms with Crippen molar-refractivity contribution in [2.45, 2.75) is 33.1 Å². The van der Waals surface area contributed by atoms with Gasteiger partial charge in [-0.2, -0.15) is 0 Å². The van der Waals surface area contributed by atoms with Crippen molar-refractivity contribution in [3.05, 3.63) is 76.2 Å². The number of ketones is 1. The van der Waals surface area contributed by atoms with Crippen LogP contribution in [-0.2, 0) is 21.4 Å². The predicted molar refractivity (Wildman–Crippen MR) is 131 cm³/mol. The van der Waals surface area contributed by atoms with E-state index < -0.39 is 24.0 Å². The Morgan fingerprint density at radius 2 is 1.66 bits per heavy atom. The number of hydrogen-bond donors (Lipinski definition) is 1. The van der Waals surface area contributed by atoms with Gasteiger partial charge in [0.25, 0.3) is 11.5 Å². The van der Waals surface area contributed by atoms with Crippen molar-refractivity contribution in [3.63, 3.8) is 0 Å². The number of benzene rings is 2. The van der Waals surface area contributed by atoms with E-state index in [2.05, 4.69) is 5.32 Å². The van der Waals surface area contributed by atoms with Crippen molar-refractivity contribution in [1.29, 1.82) is 0 Å². The van der Waals surface area contributed by atoms with Crippen LogP contribution >= 0.6 is 0 Å². The van der Waals surface area contributed by atoms with Crippen LogP contribution < -0.4 is 15.6 Å². The first-order valence-electron chi connectivity index (χ1n) is 11.4. The van der Waals surface area contributed by atoms with Gasteiger partial charge in [0.15, 0.2) is 12.4 Å². The number of carbonyl (C=O) groups excluding carboxylic acids is 3. The molecule has 184 valence electrons. The number of anilines is 1. The van der Waals surface area contributed by atoms with Gasteiger partial charge in [-0.15, -0.1) is 0 Å². The van der Waals surface area contributed by atoms with Crippen molar-refractivity contribution >= 4 is 23.3 Å². The zero-order valence-electron chi connectivity index (χ0n) is 20.1. The molecule has 35 heavy (non-hydrogen) atoms. The quantitative estimate of drug-likeness (QED) is 0.333. The summed E-state index contributed by atoms with van der Waals surface area (Å²) in [5, 5.41) is 2.53. The van der Waals surface area contributed by atoms with Crippen molar-refractivity contribution in [2.24, 2.45) is 7.05 Å². The number of ether oxygens (including phenoxy) is 2. The summed E-state index contributed by atoms with van der Waals surface area (Å²) in [4.78, 5) is 49.5. The minimum absolute atomic E-state index is 0.0464. The lowest BCUT2D eigenvalue weighted by molar-refractivity contribution is -0.147. The summed E-state index contributed by atoms with van der Waals surface area (Å²) < 4.78 is 13.5. The van der Waals surface area contributed by atoms with Gasteiger partial charge in [0.2, 0.25) is 0 Å². The number of amides is 1. The van der Waals surface area contributed by atoms with Crippen LogP contribution in [0.1, 0.15) is 42.2 Å². The van der Waals surface area contributed by atoms with Gasteiger partial charge in [-0.05, 0) is 49.7 Å². The SMILES string of the molecule is CCCOc1ccc(C(=O)CCC(=O)OCC(=O)Nc2c(C)n(C)n(-c3ccccc3)c2=O)cc1. The van der Waals surface area contributed by atoms with Crippen LogP contribution in [0, 0.1) is 6.92 Å². The molecule has 0 fully saturated rings. The fraction of sp³-hybridized carbons (Fsp3) is 0.308. The van der Waals surface area contributed by atoms with Crippen LogP contribution in [0.15, 0.2) is 59.4 Å². The molecule has 0 unspecified atom stereocenters. The van der Waals surface area contributed by atoms with Gasteiger partial charge in [0.1, 0.15) is 11.4 Å². The van der Waals surface area contributed by atoms with Gasteiger partial charge < -0.3 is 14.8 Å². The van der Waals surface area contributed by atoms with E-state index in [4.69, 9.17) is 9.47 Å². The van der Waals surface area contributed by atoms with Gasteiger partial charge in [-0.3, -0.25) is 23.9 Å². The fourth-order valence-corrected chi connectivity index (χ4v) is 3.42. The monoisotopic (exact) mass is 479 g/mol. The maximum Gasteiger partial charge on any atom is 0.306 e. The third kappa shape index (κ3) is 6.47. The normalized spacial score (nSPS) is 10.6. The van der Waals surface area contributed by atoms with Crippen LogP contribution in [-0.4, -0.2) is 40.2 Å². The third-order valence-electron chi connectivity index (χ3n) is 5.39. The maximum atomic E-state index is 12.8. The highest BCUT2D eigenvalue weighted by Gasteiger charge is 2.19. The minimum Gasteiger partial charge on any atom is -0.494 e. The van der Waals surface area contributed by atoms with Crippen LogP contribution in [0.25, 0.3) is 5.69 Å². The molecule has 1 heterocycles. The van der Waals surface area contributed by atoms with E-state index in [1.165, 1.54) is 4.68 Å². The molecule has 0 spiro atoms. The lowest BCUT2D eigenvalue weighted by Crippen LogP contribution is -2.26. The second-order valence-corrected chi connectivity index (χ2v) is 7.94. The molecule has 3 rings (SSSR count). The summed E-state index contributed by atoms with van der Waals surface area (Å²) >= 11 is 0. The molecule has 0 atom stereocenters. The molecule has 1 N–H and O–H groups in total. The molecule has 0 aliphatic carbocycles. The van der Waals surface area contributed by atoms with Crippen LogP contribution in [0.4, 0.5) is 5.69 Å². The first-order chi connectivity index (χ1) is 16.8. The number of Topliss-reactive ketones (excluding diaryl/α,β-unsaturated/α-hetero) is 1. The van der Waals surface area contributed by atoms with Crippen molar-refractivity contribution in [1.82, 2.24) is 9.36 Å². The molecule has 0 aliphatic heterocycles. The number of rotatable bonds is 11. The van der Waals surface area contributed by atoms with Gasteiger partial charge in [-0.1, -0.05) is 25.1 Å². The van der Waals surface area contributed by atoms with E-state index in [0.29, 0.717) is 29.3 Å². The number of hydrogen-bond acceptors (Lipinski definition) is 6. The average molecular weight is 480 g/mol. The summed E-state index contributed by atoms with van der Waals surface area (Å²) in [6, 6.07) is 15.7. The molecule has 0 aliphatic rings. The predicted octanol–water partition coefficient (Wildman–Crippen LogP) is 3.42. The molecule has 9 nitrogen and oxygen atoms in total. The lowest BCUT2D eigenvalue weighted by atomic mass is 10.1. The van der Waals surface area contributed by atoms with Gasteiger partial charge in [-0.25, -0.2) is 4.68 Å². The Labute approximate surface area is 203 Å². The van der Waals surface area contributed by atoms with Gasteiger partial charge >= 0.3 is 5.97 Å². The number of para-hydroxylation sites is 1. The molecular formula is C26H29N3O6. The smallest absolute Gasteiger partial charge is 0.306 e. The van der Waals surface area contributed by atoms with E-state index in [1.54, 1.807) is 55.1 Å². The molecule has 2 aromatic carbocycles. The Hall–Kier alpha value is -4.14. The Morgan fingerprint density at radius 1 is 0.971 bits per heavy atom. The number of nitrogens with zero attached hydrogens (tertiary/aromatic N) is 2. The molecule has 1 amide bonds. The topological polar surface area (TPSA) is 109 Å². The Bertz CT molecular complexity index is 1240. The van der Waals surface area contributed by atoms with Crippen LogP contribution in [0.2, 0.25) is 0 Å². The molecular weight excluding hydrogens is 450 g/mol. The van der Waals surface area contributed by atoms with Gasteiger partial charge in [0, 0.05) is 19.0 Å². The van der Waals surface area contributed by atoms with E-state index >= 15 is 0 Å². The molecule has 0 saturated carbocycles. The van der Waals surface area contributed by atoms with Crippen LogP contribution in [0.5, 0.6) is 5.75 Å². The number of aromatic nitrogens is 2. The fourth-order valence-electron chi connectivity index (χ4n) is 3.42. The highest BCUT2D eigenvalue weighted by atomic mass is 16.5. The summed E-state index contributed by atoms with van der Waals surface area (Å²) in [6.07, 6.45) is 0.679. The summed E-state index contributed by atoms with van der Waals surface area (Å²) in [5.74, 6) is -0.853. The summed E-state index contributed by atoms with van der Waals surface area (Å²) in [6.45, 7) is 3.75. The number of nitrogens with one attached hydrogen (secondary N) is 1. The zero-order valence-corrected chi connectivity index (χ0v) is 20.1. The van der Waals surface area contributed by atoms with Crippen molar-refractivity contribution in [3.8, 4) is 11.4 Å². The third-order valence-corrected chi connectivity index (χ3v) is 5.39. The molecule has 0 bridgehead atoms. The molecule has 0 radical (unpaired) electrons. The zero-order chi connectivity index (χ0) is 25.4. The van der Waals surface area contributed by atoms with E-state index in [9.17, 15) is 19.2 Å². The highest BCUT2D eigenvalue weighted by Crippen LogP contribution is 2.15. The van der Waals surface area contributed by atoms with Crippen molar-refractivity contribution < 1.29 is 23.9 Å². The van der Waals surface area contributed by atoms with E-state index in [0.717, 1.165) is 6.42 Å². The van der Waals surface area contributed by atoms with Crippen LogP contribution in [0.3, 0.4) is 0 Å². The summed E-state index contributed by atoms with van der Waals surface area (Å²) in [5.41, 5.74) is 1.39.